The van der Waals surface area contributed by atoms with Crippen LogP contribution in [0.25, 0.3) is 11.0 Å². The number of aryl methyl sites for hydroxylation is 1. The van der Waals surface area contributed by atoms with Crippen LogP contribution in [-0.4, -0.2) is 24.5 Å². The third-order valence-electron chi connectivity index (χ3n) is 4.97. The van der Waals surface area contributed by atoms with E-state index in [4.69, 9.17) is 9.15 Å². The quantitative estimate of drug-likeness (QED) is 0.844. The van der Waals surface area contributed by atoms with Crippen LogP contribution in [0.2, 0.25) is 0 Å². The van der Waals surface area contributed by atoms with E-state index in [2.05, 4.69) is 12.2 Å². The van der Waals surface area contributed by atoms with Crippen molar-refractivity contribution in [2.75, 3.05) is 6.61 Å². The second-order valence-electron chi connectivity index (χ2n) is 7.03. The molecule has 0 unspecified atom stereocenters. The molecular formula is C20H25NO4. The molecule has 25 heavy (non-hydrogen) atoms. The van der Waals surface area contributed by atoms with Gasteiger partial charge < -0.3 is 14.5 Å². The minimum absolute atomic E-state index is 0.100. The highest BCUT2D eigenvalue weighted by Gasteiger charge is 2.23. The van der Waals surface area contributed by atoms with Crippen LogP contribution < -0.4 is 5.32 Å². The number of hydrogen-bond acceptors (Lipinski definition) is 4. The van der Waals surface area contributed by atoms with Crippen LogP contribution in [0.5, 0.6) is 0 Å². The van der Waals surface area contributed by atoms with Crippen molar-refractivity contribution in [3.8, 4) is 0 Å². The summed E-state index contributed by atoms with van der Waals surface area (Å²) in [5.74, 6) is -0.163. The molecule has 1 amide bonds. The summed E-state index contributed by atoms with van der Waals surface area (Å²) in [6, 6.07) is 6.04. The fraction of sp³-hybridized carbons (Fsp3) is 0.500. The average Bonchev–Trinajstić information content (AvgIpc) is 2.97. The third kappa shape index (κ3) is 4.41. The number of carbonyl (C=O) groups excluding carboxylic acids is 2. The zero-order valence-electron chi connectivity index (χ0n) is 14.8. The van der Waals surface area contributed by atoms with Gasteiger partial charge in [0, 0.05) is 17.0 Å². The predicted octanol–water partition coefficient (Wildman–Crippen LogP) is 3.52. The molecule has 0 radical (unpaired) electrons. The highest BCUT2D eigenvalue weighted by Crippen LogP contribution is 2.24. The van der Waals surface area contributed by atoms with Crippen molar-refractivity contribution in [2.45, 2.75) is 52.0 Å². The molecular weight excluding hydrogens is 318 g/mol. The summed E-state index contributed by atoms with van der Waals surface area (Å²) >= 11 is 0. The van der Waals surface area contributed by atoms with Crippen molar-refractivity contribution >= 4 is 22.8 Å². The van der Waals surface area contributed by atoms with Gasteiger partial charge in [-0.25, -0.2) is 0 Å². The molecule has 2 aromatic rings. The molecule has 2 atom stereocenters. The number of ether oxygens (including phenoxy) is 1. The standard InChI is InChI=1S/C20H25NO4/c1-13-7-8-16-15(11-24-18(16)9-13)10-20(23)25-12-19(22)21-17-6-4-3-5-14(17)2/h7-9,11,14,17H,3-6,10,12H2,1-2H3,(H,21,22)/t14-,17+/m1/s1. The molecule has 0 spiro atoms. The van der Waals surface area contributed by atoms with Gasteiger partial charge in [0.15, 0.2) is 6.61 Å². The van der Waals surface area contributed by atoms with Crippen molar-refractivity contribution in [3.63, 3.8) is 0 Å². The zero-order valence-corrected chi connectivity index (χ0v) is 14.8. The van der Waals surface area contributed by atoms with Crippen LogP contribution in [-0.2, 0) is 20.7 Å². The lowest BCUT2D eigenvalue weighted by atomic mass is 9.86. The van der Waals surface area contributed by atoms with Gasteiger partial charge in [-0.05, 0) is 37.3 Å². The average molecular weight is 343 g/mol. The molecule has 1 aromatic carbocycles. The second-order valence-corrected chi connectivity index (χ2v) is 7.03. The number of amides is 1. The van der Waals surface area contributed by atoms with E-state index in [0.29, 0.717) is 5.92 Å². The van der Waals surface area contributed by atoms with E-state index >= 15 is 0 Å². The fourth-order valence-corrected chi connectivity index (χ4v) is 3.46. The van der Waals surface area contributed by atoms with E-state index in [-0.39, 0.29) is 25.0 Å². The number of fused-ring (bicyclic) bond motifs is 1. The summed E-state index contributed by atoms with van der Waals surface area (Å²) in [6.45, 7) is 3.92. The van der Waals surface area contributed by atoms with Crippen LogP contribution >= 0.6 is 0 Å². The Morgan fingerprint density at radius 3 is 2.88 bits per heavy atom. The number of carbonyl (C=O) groups is 2. The molecule has 1 aromatic heterocycles. The molecule has 1 N–H and O–H groups in total. The van der Waals surface area contributed by atoms with E-state index in [1.165, 1.54) is 6.42 Å². The molecule has 1 saturated carbocycles. The van der Waals surface area contributed by atoms with Crippen LogP contribution in [0.3, 0.4) is 0 Å². The maximum absolute atomic E-state index is 12.0. The van der Waals surface area contributed by atoms with Gasteiger partial charge in [-0.2, -0.15) is 0 Å². The van der Waals surface area contributed by atoms with Crippen LogP contribution in [0.15, 0.2) is 28.9 Å². The summed E-state index contributed by atoms with van der Waals surface area (Å²) in [4.78, 5) is 24.0. The maximum Gasteiger partial charge on any atom is 0.310 e. The maximum atomic E-state index is 12.0. The molecule has 134 valence electrons. The minimum Gasteiger partial charge on any atom is -0.464 e. The van der Waals surface area contributed by atoms with Crippen molar-refractivity contribution in [2.24, 2.45) is 5.92 Å². The summed E-state index contributed by atoms with van der Waals surface area (Å²) in [5.41, 5.74) is 2.64. The Morgan fingerprint density at radius 1 is 1.28 bits per heavy atom. The number of rotatable bonds is 5. The number of nitrogens with one attached hydrogen (secondary N) is 1. The summed E-state index contributed by atoms with van der Waals surface area (Å²) in [7, 11) is 0. The van der Waals surface area contributed by atoms with Crippen LogP contribution in [0, 0.1) is 12.8 Å². The Labute approximate surface area is 147 Å². The number of hydrogen-bond donors (Lipinski definition) is 1. The summed E-state index contributed by atoms with van der Waals surface area (Å²) in [5, 5.41) is 3.89. The van der Waals surface area contributed by atoms with Crippen molar-refractivity contribution < 1.29 is 18.7 Å². The lowest BCUT2D eigenvalue weighted by Crippen LogP contribution is -2.42. The molecule has 5 nitrogen and oxygen atoms in total. The number of benzene rings is 1. The Hall–Kier alpha value is -2.30. The highest BCUT2D eigenvalue weighted by molar-refractivity contribution is 5.87. The normalized spacial score (nSPS) is 20.4. The van der Waals surface area contributed by atoms with Crippen LogP contribution in [0.1, 0.15) is 43.7 Å². The fourth-order valence-electron chi connectivity index (χ4n) is 3.46. The minimum atomic E-state index is -0.421. The Bertz CT molecular complexity index is 764. The van der Waals surface area contributed by atoms with Gasteiger partial charge in [0.05, 0.1) is 12.7 Å². The molecule has 1 fully saturated rings. The molecule has 0 saturated heterocycles. The smallest absolute Gasteiger partial charge is 0.310 e. The molecule has 1 aliphatic carbocycles. The first-order valence-electron chi connectivity index (χ1n) is 8.94. The van der Waals surface area contributed by atoms with E-state index < -0.39 is 5.97 Å². The monoisotopic (exact) mass is 343 g/mol. The first-order chi connectivity index (χ1) is 12.0. The number of esters is 1. The van der Waals surface area contributed by atoms with E-state index in [1.54, 1.807) is 6.26 Å². The molecule has 0 aliphatic heterocycles. The molecule has 1 heterocycles. The zero-order chi connectivity index (χ0) is 17.8. The Kier molecular flexibility index (Phi) is 5.41. The molecule has 5 heteroatoms. The van der Waals surface area contributed by atoms with Crippen LogP contribution in [0.4, 0.5) is 0 Å². The largest absolute Gasteiger partial charge is 0.464 e. The van der Waals surface area contributed by atoms with E-state index in [9.17, 15) is 9.59 Å². The van der Waals surface area contributed by atoms with E-state index in [0.717, 1.165) is 41.4 Å². The Balaban J connectivity index is 1.49. The highest BCUT2D eigenvalue weighted by atomic mass is 16.5. The van der Waals surface area contributed by atoms with Gasteiger partial charge >= 0.3 is 5.97 Å². The SMILES string of the molecule is Cc1ccc2c(CC(=O)OCC(=O)N[C@H]3CCCC[C@H]3C)coc2c1. The van der Waals surface area contributed by atoms with Crippen molar-refractivity contribution in [3.05, 3.63) is 35.6 Å². The molecule has 0 bridgehead atoms. The topological polar surface area (TPSA) is 68.5 Å². The first kappa shape index (κ1) is 17.5. The summed E-state index contributed by atoms with van der Waals surface area (Å²) < 4.78 is 10.6. The van der Waals surface area contributed by atoms with E-state index in [1.807, 2.05) is 25.1 Å². The predicted molar refractivity (Wildman–Crippen MR) is 95.2 cm³/mol. The van der Waals surface area contributed by atoms with Gasteiger partial charge in [0.2, 0.25) is 0 Å². The lowest BCUT2D eigenvalue weighted by molar-refractivity contribution is -0.148. The third-order valence-corrected chi connectivity index (χ3v) is 4.97. The summed E-state index contributed by atoms with van der Waals surface area (Å²) in [6.07, 6.45) is 6.18. The Morgan fingerprint density at radius 2 is 2.08 bits per heavy atom. The lowest BCUT2D eigenvalue weighted by Gasteiger charge is -2.29. The van der Waals surface area contributed by atoms with Crippen molar-refractivity contribution in [1.82, 2.24) is 5.32 Å². The molecule has 3 rings (SSSR count). The van der Waals surface area contributed by atoms with Gasteiger partial charge in [0.1, 0.15) is 5.58 Å². The second kappa shape index (κ2) is 7.72. The van der Waals surface area contributed by atoms with Crippen molar-refractivity contribution in [1.29, 1.82) is 0 Å². The molecule has 1 aliphatic rings. The van der Waals surface area contributed by atoms with Gasteiger partial charge in [0.25, 0.3) is 5.91 Å². The number of furan rings is 1. The van der Waals surface area contributed by atoms with Gasteiger partial charge in [-0.1, -0.05) is 31.9 Å². The van der Waals surface area contributed by atoms with Gasteiger partial charge in [-0.15, -0.1) is 0 Å². The van der Waals surface area contributed by atoms with Gasteiger partial charge in [-0.3, -0.25) is 9.59 Å². The first-order valence-corrected chi connectivity index (χ1v) is 8.94.